The number of hydrogen-bond acceptors (Lipinski definition) is 14. The lowest BCUT2D eigenvalue weighted by atomic mass is 10.0. The van der Waals surface area contributed by atoms with Crippen LogP contribution in [-0.4, -0.2) is 96.2 Å². The number of alkyl halides is 3. The molecule has 0 spiro atoms. The van der Waals surface area contributed by atoms with Crippen molar-refractivity contribution < 1.29 is 64.8 Å². The molecule has 2 saturated carbocycles. The molecule has 1 saturated heterocycles. The smallest absolute Gasteiger partial charge is 0.422 e. The maximum atomic E-state index is 14.8. The number of benzene rings is 1. The largest absolute Gasteiger partial charge is 0.488 e. The summed E-state index contributed by atoms with van der Waals surface area (Å²) in [6.45, 7) is 3.24. The van der Waals surface area contributed by atoms with Gasteiger partial charge in [0.2, 0.25) is 27.7 Å². The fraction of sp³-hybridized carbons (Fsp3) is 0.467. The van der Waals surface area contributed by atoms with Gasteiger partial charge in [0.15, 0.2) is 12.4 Å². The van der Waals surface area contributed by atoms with Gasteiger partial charge in [0.05, 0.1) is 22.2 Å². The Balaban J connectivity index is 1.12. The van der Waals surface area contributed by atoms with Crippen LogP contribution in [-0.2, 0) is 29.3 Å². The van der Waals surface area contributed by atoms with E-state index in [4.69, 9.17) is 19.2 Å². The predicted octanol–water partition coefficient (Wildman–Crippen LogP) is 6.53. The molecule has 3 aromatic heterocycles. The zero-order valence-electron chi connectivity index (χ0n) is 36.6. The van der Waals surface area contributed by atoms with Crippen molar-refractivity contribution in [2.75, 3.05) is 13.2 Å². The van der Waals surface area contributed by atoms with Crippen LogP contribution in [0.3, 0.4) is 0 Å². The van der Waals surface area contributed by atoms with Crippen molar-refractivity contribution >= 4 is 73.2 Å². The van der Waals surface area contributed by atoms with Crippen molar-refractivity contribution in [3.63, 3.8) is 0 Å². The summed E-state index contributed by atoms with van der Waals surface area (Å²) in [5.41, 5.74) is -1.34. The Labute approximate surface area is 391 Å². The Morgan fingerprint density at radius 3 is 2.37 bits per heavy atom. The normalized spacial score (nSPS) is 23.5. The van der Waals surface area contributed by atoms with E-state index in [9.17, 15) is 45.6 Å². The van der Waals surface area contributed by atoms with E-state index in [0.717, 1.165) is 15.8 Å². The van der Waals surface area contributed by atoms with Crippen LogP contribution < -0.4 is 29.7 Å². The molecule has 4 amide bonds. The third-order valence-corrected chi connectivity index (χ3v) is 15.9. The number of thiophene rings is 2. The highest BCUT2D eigenvalue weighted by Crippen LogP contribution is 2.46. The summed E-state index contributed by atoms with van der Waals surface area (Å²) in [5, 5.41) is 5.23. The number of rotatable bonds is 12. The average molecular weight is 988 g/mol. The summed E-state index contributed by atoms with van der Waals surface area (Å²) in [6, 6.07) is 8.40. The molecular formula is C45H48F3N5O11S3. The molecule has 0 radical (unpaired) electrons. The number of sulfonamides is 1. The van der Waals surface area contributed by atoms with E-state index in [1.54, 1.807) is 30.3 Å². The maximum Gasteiger partial charge on any atom is 0.422 e. The van der Waals surface area contributed by atoms with E-state index in [1.165, 1.54) is 46.6 Å². The van der Waals surface area contributed by atoms with Gasteiger partial charge in [-0.3, -0.25) is 28.8 Å². The highest BCUT2D eigenvalue weighted by atomic mass is 32.2. The topological polar surface area (TPSA) is 209 Å². The molecule has 4 aliphatic rings. The maximum absolute atomic E-state index is 14.8. The minimum absolute atomic E-state index is 0.0107. The summed E-state index contributed by atoms with van der Waals surface area (Å²) >= 11 is 2.44. The number of aromatic nitrogens is 1. The molecule has 67 heavy (non-hydrogen) atoms. The van der Waals surface area contributed by atoms with Gasteiger partial charge >= 0.3 is 12.1 Å². The summed E-state index contributed by atoms with van der Waals surface area (Å²) in [6.07, 6.45) is 1.42. The van der Waals surface area contributed by atoms with Crippen LogP contribution in [0.15, 0.2) is 54.6 Å². The van der Waals surface area contributed by atoms with Crippen molar-refractivity contribution in [2.24, 2.45) is 5.92 Å². The molecule has 2 aliphatic heterocycles. The molecular weight excluding hydrogens is 940 g/mol. The average Bonchev–Trinajstić information content (AvgIpc) is 4.09. The Hall–Kier alpha value is -5.74. The first-order valence-corrected chi connectivity index (χ1v) is 25.0. The molecule has 1 aromatic carbocycles. The number of ether oxygens (including phenoxy) is 2. The second kappa shape index (κ2) is 19.1. The standard InChI is InChI=1S/C45H48F3N5O11S3/c1-24-11-17-35(65-24)40(55)49-31-10-8-6-4-5-7-9-27-21-44(27,43(58)52-67(59,60)29-13-14-29)51-39(54)32-19-28(22-53(32)41(31)56)62-34-20-37(61-23-45(46,47)48)50-38-26(3)33(16-15-30(34)38)63-64-42(57)36-18-12-25(2)66-36/h7,9,11-12,15-18,20,27-29,31-32H,4-6,8,10,13-14,19,21-23H2,1-3H3,(H,49,55)(H,51,54)(H,52,58). The number of nitrogens with zero attached hydrogens (tertiary/aromatic N) is 2. The van der Waals surface area contributed by atoms with Crippen LogP contribution in [0.25, 0.3) is 10.9 Å². The molecule has 4 aromatic rings. The van der Waals surface area contributed by atoms with E-state index in [2.05, 4.69) is 20.3 Å². The third-order valence-electron chi connectivity index (χ3n) is 12.1. The zero-order valence-corrected chi connectivity index (χ0v) is 39.1. The number of fused-ring (bicyclic) bond motifs is 3. The van der Waals surface area contributed by atoms with Gasteiger partial charge in [-0.25, -0.2) is 23.1 Å². The number of allylic oxidation sites excluding steroid dienone is 1. The summed E-state index contributed by atoms with van der Waals surface area (Å²) in [5.74, 6) is -4.59. The fourth-order valence-corrected chi connectivity index (χ4v) is 11.1. The van der Waals surface area contributed by atoms with Gasteiger partial charge in [0.1, 0.15) is 34.4 Å². The molecule has 3 fully saturated rings. The number of hydrogen-bond donors (Lipinski definition) is 3. The first kappa shape index (κ1) is 47.7. The minimum atomic E-state index is -4.74. The summed E-state index contributed by atoms with van der Waals surface area (Å²) in [7, 11) is -4.00. The lowest BCUT2D eigenvalue weighted by Crippen LogP contribution is -2.58. The molecule has 5 unspecified atom stereocenters. The van der Waals surface area contributed by atoms with Gasteiger partial charge in [0.25, 0.3) is 11.8 Å². The zero-order chi connectivity index (χ0) is 47.8. The van der Waals surface area contributed by atoms with Crippen molar-refractivity contribution in [1.82, 2.24) is 25.2 Å². The van der Waals surface area contributed by atoms with Crippen LogP contribution in [0, 0.1) is 26.7 Å². The SMILES string of the molecule is Cc1ccc(C(=O)NC2CCCCCC=CC3CC3(C(=O)NS(=O)(=O)C3CC3)NC(=O)C3CC(Oc4cc(OCC(F)(F)F)nc5c(C)c(OOC(=O)c6ccc(C)s6)ccc45)CN3C2=O)s1. The lowest BCUT2D eigenvalue weighted by molar-refractivity contribution is -0.154. The first-order chi connectivity index (χ1) is 31.8. The predicted molar refractivity (Wildman–Crippen MR) is 239 cm³/mol. The Morgan fingerprint density at radius 1 is 0.955 bits per heavy atom. The van der Waals surface area contributed by atoms with Crippen LogP contribution in [0.2, 0.25) is 0 Å². The molecule has 5 heterocycles. The van der Waals surface area contributed by atoms with Crippen molar-refractivity contribution in [1.29, 1.82) is 0 Å². The fourth-order valence-electron chi connectivity index (χ4n) is 8.26. The molecule has 2 aliphatic carbocycles. The van der Waals surface area contributed by atoms with Gasteiger partial charge in [-0.2, -0.15) is 13.2 Å². The van der Waals surface area contributed by atoms with Gasteiger partial charge in [-0.1, -0.05) is 25.0 Å². The van der Waals surface area contributed by atoms with E-state index in [1.807, 2.05) is 19.9 Å². The van der Waals surface area contributed by atoms with Gasteiger partial charge < -0.3 is 25.0 Å². The second-order valence-corrected chi connectivity index (χ2v) is 21.8. The summed E-state index contributed by atoms with van der Waals surface area (Å²) < 4.78 is 80.0. The van der Waals surface area contributed by atoms with Gasteiger partial charge in [-0.15, -0.1) is 22.7 Å². The van der Waals surface area contributed by atoms with E-state index in [-0.39, 0.29) is 58.6 Å². The lowest BCUT2D eigenvalue weighted by Gasteiger charge is -2.29. The molecule has 5 atom stereocenters. The highest BCUT2D eigenvalue weighted by Gasteiger charge is 2.62. The van der Waals surface area contributed by atoms with Crippen LogP contribution >= 0.6 is 22.7 Å². The number of aryl methyl sites for hydroxylation is 3. The number of nitrogens with one attached hydrogen (secondary N) is 3. The van der Waals surface area contributed by atoms with Crippen molar-refractivity contribution in [2.45, 2.75) is 114 Å². The van der Waals surface area contributed by atoms with Crippen LogP contribution in [0.4, 0.5) is 13.2 Å². The number of carbonyl (C=O) groups is 5. The van der Waals surface area contributed by atoms with Crippen LogP contribution in [0.5, 0.6) is 17.4 Å². The second-order valence-electron chi connectivity index (χ2n) is 17.2. The van der Waals surface area contributed by atoms with Gasteiger partial charge in [0, 0.05) is 39.1 Å². The quantitative estimate of drug-likeness (QED) is 0.0787. The molecule has 16 nitrogen and oxygen atoms in total. The van der Waals surface area contributed by atoms with Crippen LogP contribution in [0.1, 0.15) is 92.4 Å². The van der Waals surface area contributed by atoms with E-state index >= 15 is 0 Å². The molecule has 8 rings (SSSR count). The number of pyridine rings is 1. The Bertz CT molecular complexity index is 2740. The monoisotopic (exact) mass is 987 g/mol. The third kappa shape index (κ3) is 11.0. The molecule has 358 valence electrons. The molecule has 22 heteroatoms. The van der Waals surface area contributed by atoms with Crippen molar-refractivity contribution in [3.8, 4) is 17.4 Å². The van der Waals surface area contributed by atoms with E-state index < -0.39 is 93.2 Å². The van der Waals surface area contributed by atoms with E-state index in [0.29, 0.717) is 43.4 Å². The summed E-state index contributed by atoms with van der Waals surface area (Å²) in [4.78, 5) is 88.0. The Morgan fingerprint density at radius 2 is 1.69 bits per heavy atom. The highest BCUT2D eigenvalue weighted by molar-refractivity contribution is 7.91. The minimum Gasteiger partial charge on any atom is -0.488 e. The number of amides is 4. The molecule has 0 bridgehead atoms. The van der Waals surface area contributed by atoms with Crippen molar-refractivity contribution in [3.05, 3.63) is 79.7 Å². The number of halogens is 3. The first-order valence-electron chi connectivity index (χ1n) is 21.8. The number of carbonyl (C=O) groups excluding carboxylic acids is 5. The Kier molecular flexibility index (Phi) is 13.6. The van der Waals surface area contributed by atoms with Gasteiger partial charge in [-0.05, 0) is 95.7 Å². The molecule has 3 N–H and O–H groups in total.